The van der Waals surface area contributed by atoms with Crippen LogP contribution in [0.3, 0.4) is 0 Å². The van der Waals surface area contributed by atoms with E-state index in [0.717, 1.165) is 11.8 Å². The number of nitrogens with two attached hydrogens (primary N) is 1. The lowest BCUT2D eigenvalue weighted by atomic mass is 10.1. The molecule has 2 rings (SSSR count). The third kappa shape index (κ3) is 6.83. The first-order valence-corrected chi connectivity index (χ1v) is 9.95. The molecule has 9 nitrogen and oxygen atoms in total. The Morgan fingerprint density at radius 1 is 1.24 bits per heavy atom. The van der Waals surface area contributed by atoms with E-state index < -0.39 is 11.5 Å². The maximum atomic E-state index is 12.4. The largest absolute Gasteiger partial charge is 0.494 e. The van der Waals surface area contributed by atoms with Crippen molar-refractivity contribution in [1.29, 1.82) is 0 Å². The van der Waals surface area contributed by atoms with E-state index in [1.54, 1.807) is 24.3 Å². The van der Waals surface area contributed by atoms with Crippen molar-refractivity contribution in [3.8, 4) is 5.75 Å². The SMILES string of the molecule is CCOc1ccc(C(=O)Nc2c(N)nc(SCC(=O)NC(C)(C)C)[nH]c2=O)cc1. The van der Waals surface area contributed by atoms with Crippen LogP contribution in [0.5, 0.6) is 5.75 Å². The second-order valence-corrected chi connectivity index (χ2v) is 8.09. The second kappa shape index (κ2) is 9.46. The van der Waals surface area contributed by atoms with Crippen LogP contribution in [0.1, 0.15) is 38.1 Å². The molecule has 0 aliphatic rings. The Kier molecular flexibility index (Phi) is 7.27. The smallest absolute Gasteiger partial charge is 0.277 e. The number of nitrogen functional groups attached to an aromatic ring is 1. The number of hydrogen-bond acceptors (Lipinski definition) is 7. The third-order valence-electron chi connectivity index (χ3n) is 3.45. The molecule has 5 N–H and O–H groups in total. The summed E-state index contributed by atoms with van der Waals surface area (Å²) in [7, 11) is 0. The number of anilines is 2. The van der Waals surface area contributed by atoms with Crippen LogP contribution >= 0.6 is 11.8 Å². The van der Waals surface area contributed by atoms with Crippen molar-refractivity contribution in [2.75, 3.05) is 23.4 Å². The van der Waals surface area contributed by atoms with Gasteiger partial charge in [-0.3, -0.25) is 19.4 Å². The van der Waals surface area contributed by atoms with Gasteiger partial charge in [0.2, 0.25) is 5.91 Å². The molecule has 0 unspecified atom stereocenters. The van der Waals surface area contributed by atoms with Crippen molar-refractivity contribution in [2.45, 2.75) is 38.4 Å². The van der Waals surface area contributed by atoms with Crippen molar-refractivity contribution in [3.63, 3.8) is 0 Å². The lowest BCUT2D eigenvalue weighted by Gasteiger charge is -2.20. The van der Waals surface area contributed by atoms with Crippen LogP contribution in [0.15, 0.2) is 34.2 Å². The number of aromatic amines is 1. The van der Waals surface area contributed by atoms with Crippen molar-refractivity contribution in [1.82, 2.24) is 15.3 Å². The molecule has 0 aliphatic carbocycles. The lowest BCUT2D eigenvalue weighted by Crippen LogP contribution is -2.41. The summed E-state index contributed by atoms with van der Waals surface area (Å²) in [5.74, 6) is -0.127. The number of carbonyl (C=O) groups is 2. The highest BCUT2D eigenvalue weighted by molar-refractivity contribution is 7.99. The normalized spacial score (nSPS) is 11.0. The summed E-state index contributed by atoms with van der Waals surface area (Å²) in [6.45, 7) is 7.99. The number of aromatic nitrogens is 2. The maximum absolute atomic E-state index is 12.4. The van der Waals surface area contributed by atoms with E-state index in [1.807, 2.05) is 27.7 Å². The minimum Gasteiger partial charge on any atom is -0.494 e. The Hall–Kier alpha value is -3.01. The Morgan fingerprint density at radius 3 is 2.45 bits per heavy atom. The van der Waals surface area contributed by atoms with E-state index in [4.69, 9.17) is 10.5 Å². The zero-order chi connectivity index (χ0) is 21.6. The van der Waals surface area contributed by atoms with Gasteiger partial charge < -0.3 is 21.1 Å². The average Bonchev–Trinajstić information content (AvgIpc) is 2.62. The zero-order valence-corrected chi connectivity index (χ0v) is 17.6. The molecule has 0 saturated carbocycles. The Bertz CT molecular complexity index is 935. The first-order chi connectivity index (χ1) is 13.6. The van der Waals surface area contributed by atoms with Gasteiger partial charge in [-0.15, -0.1) is 0 Å². The number of rotatable bonds is 7. The van der Waals surface area contributed by atoms with E-state index in [9.17, 15) is 14.4 Å². The number of H-pyrrole nitrogens is 1. The van der Waals surface area contributed by atoms with Crippen molar-refractivity contribution >= 4 is 35.1 Å². The summed E-state index contributed by atoms with van der Waals surface area (Å²) in [5, 5.41) is 5.47. The number of benzene rings is 1. The fourth-order valence-electron chi connectivity index (χ4n) is 2.30. The molecule has 1 aromatic heterocycles. The molecule has 1 aromatic carbocycles. The zero-order valence-electron chi connectivity index (χ0n) is 16.8. The average molecular weight is 420 g/mol. The minimum atomic E-state index is -0.601. The fourth-order valence-corrected chi connectivity index (χ4v) is 2.97. The van der Waals surface area contributed by atoms with Gasteiger partial charge in [-0.25, -0.2) is 4.98 Å². The summed E-state index contributed by atoms with van der Waals surface area (Å²) >= 11 is 1.04. The second-order valence-electron chi connectivity index (χ2n) is 7.13. The predicted molar refractivity (Wildman–Crippen MR) is 113 cm³/mol. The van der Waals surface area contributed by atoms with E-state index in [1.165, 1.54) is 0 Å². The van der Waals surface area contributed by atoms with Crippen molar-refractivity contribution < 1.29 is 14.3 Å². The molecular formula is C19H25N5O4S. The first-order valence-electron chi connectivity index (χ1n) is 8.97. The number of amides is 2. The van der Waals surface area contributed by atoms with Gasteiger partial charge in [0.15, 0.2) is 11.0 Å². The Labute approximate surface area is 172 Å². The standard InChI is InChI=1S/C19H25N5O4S/c1-5-28-12-8-6-11(7-9-12)16(26)21-14-15(20)22-18(23-17(14)27)29-10-13(25)24-19(2,3)4/h6-9H,5,10H2,1-4H3,(H,21,26)(H,24,25)(H3,20,22,23,27). The van der Waals surface area contributed by atoms with Gasteiger partial charge in [0, 0.05) is 11.1 Å². The van der Waals surface area contributed by atoms with Gasteiger partial charge in [0.05, 0.1) is 12.4 Å². The van der Waals surface area contributed by atoms with Gasteiger partial charge in [-0.1, -0.05) is 11.8 Å². The van der Waals surface area contributed by atoms with E-state index in [0.29, 0.717) is 17.9 Å². The van der Waals surface area contributed by atoms with Gasteiger partial charge in [0.25, 0.3) is 11.5 Å². The van der Waals surface area contributed by atoms with Gasteiger partial charge in [0.1, 0.15) is 11.4 Å². The lowest BCUT2D eigenvalue weighted by molar-refractivity contribution is -0.119. The van der Waals surface area contributed by atoms with E-state index in [2.05, 4.69) is 20.6 Å². The van der Waals surface area contributed by atoms with Crippen LogP contribution in [-0.2, 0) is 4.79 Å². The minimum absolute atomic E-state index is 0.0670. The molecule has 2 amide bonds. The van der Waals surface area contributed by atoms with Gasteiger partial charge in [-0.05, 0) is 52.0 Å². The molecule has 29 heavy (non-hydrogen) atoms. The molecule has 156 valence electrons. The van der Waals surface area contributed by atoms with Gasteiger partial charge in [-0.2, -0.15) is 0 Å². The predicted octanol–water partition coefficient (Wildman–Crippen LogP) is 2.01. The fraction of sp³-hybridized carbons (Fsp3) is 0.368. The Balaban J connectivity index is 2.06. The molecule has 0 fully saturated rings. The molecule has 0 saturated heterocycles. The van der Waals surface area contributed by atoms with Crippen LogP contribution in [0, 0.1) is 0 Å². The van der Waals surface area contributed by atoms with Gasteiger partial charge >= 0.3 is 0 Å². The molecule has 0 atom stereocenters. The summed E-state index contributed by atoms with van der Waals surface area (Å²) in [6, 6.07) is 6.48. The summed E-state index contributed by atoms with van der Waals surface area (Å²) in [4.78, 5) is 43.2. The summed E-state index contributed by atoms with van der Waals surface area (Å²) < 4.78 is 5.33. The van der Waals surface area contributed by atoms with Crippen LogP contribution in [0.2, 0.25) is 0 Å². The molecule has 10 heteroatoms. The van der Waals surface area contributed by atoms with Crippen molar-refractivity contribution in [3.05, 3.63) is 40.2 Å². The number of nitrogens with zero attached hydrogens (tertiary/aromatic N) is 1. The molecule has 0 radical (unpaired) electrons. The third-order valence-corrected chi connectivity index (χ3v) is 4.32. The first kappa shape index (κ1) is 22.3. The van der Waals surface area contributed by atoms with Crippen LogP contribution in [0.4, 0.5) is 11.5 Å². The molecule has 0 aliphatic heterocycles. The number of carbonyl (C=O) groups excluding carboxylic acids is 2. The number of nitrogens with one attached hydrogen (secondary N) is 3. The number of hydrogen-bond donors (Lipinski definition) is 4. The quantitative estimate of drug-likeness (QED) is 0.398. The van der Waals surface area contributed by atoms with Crippen LogP contribution in [-0.4, -0.2) is 39.7 Å². The molecule has 0 bridgehead atoms. The topological polar surface area (TPSA) is 139 Å². The maximum Gasteiger partial charge on any atom is 0.277 e. The molecule has 1 heterocycles. The van der Waals surface area contributed by atoms with Crippen LogP contribution in [0.25, 0.3) is 0 Å². The highest BCUT2D eigenvalue weighted by atomic mass is 32.2. The van der Waals surface area contributed by atoms with Crippen LogP contribution < -0.4 is 26.7 Å². The molecular weight excluding hydrogens is 394 g/mol. The molecule has 2 aromatic rings. The monoisotopic (exact) mass is 419 g/mol. The van der Waals surface area contributed by atoms with E-state index in [-0.39, 0.29) is 33.9 Å². The summed E-state index contributed by atoms with van der Waals surface area (Å²) in [5.41, 5.74) is 5.08. The number of thioether (sulfide) groups is 1. The highest BCUT2D eigenvalue weighted by Crippen LogP contribution is 2.18. The molecule has 0 spiro atoms. The van der Waals surface area contributed by atoms with E-state index >= 15 is 0 Å². The Morgan fingerprint density at radius 2 is 1.90 bits per heavy atom. The number of ether oxygens (including phenoxy) is 1. The highest BCUT2D eigenvalue weighted by Gasteiger charge is 2.17. The summed E-state index contributed by atoms with van der Waals surface area (Å²) in [6.07, 6.45) is 0. The van der Waals surface area contributed by atoms with Crippen molar-refractivity contribution in [2.24, 2.45) is 0 Å².